The van der Waals surface area contributed by atoms with Crippen LogP contribution in [0.1, 0.15) is 55.3 Å². The topological polar surface area (TPSA) is 60.8 Å². The SMILES string of the molecule is C[C@@H](c1ccc(CCO)cc1)N1CCC(CCCO)(c2ccccc2)CC1=O. The van der Waals surface area contributed by atoms with Crippen molar-refractivity contribution in [2.24, 2.45) is 0 Å². The van der Waals surface area contributed by atoms with Gasteiger partial charge >= 0.3 is 0 Å². The highest BCUT2D eigenvalue weighted by molar-refractivity contribution is 5.79. The van der Waals surface area contributed by atoms with Gasteiger partial charge in [-0.3, -0.25) is 4.79 Å². The van der Waals surface area contributed by atoms with Crippen LogP contribution in [0.2, 0.25) is 0 Å². The van der Waals surface area contributed by atoms with E-state index in [0.29, 0.717) is 19.3 Å². The second kappa shape index (κ2) is 9.35. The summed E-state index contributed by atoms with van der Waals surface area (Å²) in [6.45, 7) is 3.11. The summed E-state index contributed by atoms with van der Waals surface area (Å²) in [5, 5.41) is 18.4. The lowest BCUT2D eigenvalue weighted by atomic mass is 9.69. The van der Waals surface area contributed by atoms with Gasteiger partial charge in [0.05, 0.1) is 6.04 Å². The van der Waals surface area contributed by atoms with Crippen molar-refractivity contribution in [3.63, 3.8) is 0 Å². The van der Waals surface area contributed by atoms with Crippen LogP contribution in [0.15, 0.2) is 54.6 Å². The van der Waals surface area contributed by atoms with Gasteiger partial charge in [0.15, 0.2) is 0 Å². The fourth-order valence-corrected chi connectivity index (χ4v) is 4.43. The first kappa shape index (κ1) is 20.6. The number of benzene rings is 2. The van der Waals surface area contributed by atoms with Crippen LogP contribution in [0.5, 0.6) is 0 Å². The van der Waals surface area contributed by atoms with E-state index in [4.69, 9.17) is 5.11 Å². The van der Waals surface area contributed by atoms with E-state index in [1.807, 2.05) is 35.2 Å². The van der Waals surface area contributed by atoms with Crippen molar-refractivity contribution < 1.29 is 15.0 Å². The summed E-state index contributed by atoms with van der Waals surface area (Å²) >= 11 is 0. The molecule has 1 aliphatic heterocycles. The predicted molar refractivity (Wildman–Crippen MR) is 111 cm³/mol. The molecule has 150 valence electrons. The number of piperidine rings is 1. The van der Waals surface area contributed by atoms with E-state index in [-0.39, 0.29) is 30.6 Å². The average molecular weight is 382 g/mol. The molecule has 2 atom stereocenters. The smallest absolute Gasteiger partial charge is 0.223 e. The van der Waals surface area contributed by atoms with Crippen molar-refractivity contribution in [1.29, 1.82) is 0 Å². The summed E-state index contributed by atoms with van der Waals surface area (Å²) in [6.07, 6.45) is 3.60. The van der Waals surface area contributed by atoms with Gasteiger partial charge in [-0.25, -0.2) is 0 Å². The molecule has 0 radical (unpaired) electrons. The van der Waals surface area contributed by atoms with E-state index in [0.717, 1.165) is 30.5 Å². The van der Waals surface area contributed by atoms with Gasteiger partial charge in [-0.15, -0.1) is 0 Å². The largest absolute Gasteiger partial charge is 0.396 e. The second-order valence-electron chi connectivity index (χ2n) is 7.88. The van der Waals surface area contributed by atoms with Crippen LogP contribution in [0, 0.1) is 0 Å². The highest BCUT2D eigenvalue weighted by atomic mass is 16.3. The minimum absolute atomic E-state index is 0.0299. The molecule has 0 aromatic heterocycles. The summed E-state index contributed by atoms with van der Waals surface area (Å²) in [5.74, 6) is 0.181. The molecule has 0 aliphatic carbocycles. The lowest BCUT2D eigenvalue weighted by Crippen LogP contribution is -2.47. The number of aliphatic hydroxyl groups is 2. The van der Waals surface area contributed by atoms with Crippen molar-refractivity contribution in [2.75, 3.05) is 19.8 Å². The number of carbonyl (C=O) groups excluding carboxylic acids is 1. The summed E-state index contributed by atoms with van der Waals surface area (Å²) in [4.78, 5) is 15.1. The van der Waals surface area contributed by atoms with Crippen LogP contribution in [0.25, 0.3) is 0 Å². The Hall–Kier alpha value is -2.17. The molecule has 2 N–H and O–H groups in total. The number of likely N-dealkylation sites (tertiary alicyclic amines) is 1. The van der Waals surface area contributed by atoms with Gasteiger partial charge in [0, 0.05) is 31.6 Å². The third kappa shape index (κ3) is 4.45. The molecule has 1 saturated heterocycles. The summed E-state index contributed by atoms with van der Waals surface area (Å²) in [5.41, 5.74) is 3.26. The first-order chi connectivity index (χ1) is 13.6. The normalized spacial score (nSPS) is 21.0. The van der Waals surface area contributed by atoms with E-state index in [2.05, 4.69) is 31.2 Å². The fourth-order valence-electron chi connectivity index (χ4n) is 4.43. The van der Waals surface area contributed by atoms with Crippen LogP contribution in [0.4, 0.5) is 0 Å². The van der Waals surface area contributed by atoms with Crippen LogP contribution in [0.3, 0.4) is 0 Å². The average Bonchev–Trinajstić information content (AvgIpc) is 2.73. The molecule has 1 unspecified atom stereocenters. The molecule has 1 amide bonds. The van der Waals surface area contributed by atoms with Crippen LogP contribution in [-0.2, 0) is 16.6 Å². The van der Waals surface area contributed by atoms with Crippen molar-refractivity contribution in [3.8, 4) is 0 Å². The zero-order chi connectivity index (χ0) is 20.0. The first-order valence-corrected chi connectivity index (χ1v) is 10.3. The Bertz CT molecular complexity index is 759. The van der Waals surface area contributed by atoms with Gasteiger partial charge in [0.2, 0.25) is 5.91 Å². The highest BCUT2D eigenvalue weighted by Gasteiger charge is 2.41. The maximum atomic E-state index is 13.2. The van der Waals surface area contributed by atoms with Gasteiger partial charge < -0.3 is 15.1 Å². The molecular weight excluding hydrogens is 350 g/mol. The lowest BCUT2D eigenvalue weighted by Gasteiger charge is -2.44. The minimum Gasteiger partial charge on any atom is -0.396 e. The van der Waals surface area contributed by atoms with Crippen LogP contribution < -0.4 is 0 Å². The first-order valence-electron chi connectivity index (χ1n) is 10.3. The number of carbonyl (C=O) groups is 1. The third-order valence-electron chi connectivity index (χ3n) is 6.17. The van der Waals surface area contributed by atoms with Crippen LogP contribution >= 0.6 is 0 Å². The Labute approximate surface area is 167 Å². The highest BCUT2D eigenvalue weighted by Crippen LogP contribution is 2.41. The molecule has 0 spiro atoms. The summed E-state index contributed by atoms with van der Waals surface area (Å²) < 4.78 is 0. The summed E-state index contributed by atoms with van der Waals surface area (Å²) in [6, 6.07) is 18.5. The Morgan fingerprint density at radius 1 is 1.04 bits per heavy atom. The second-order valence-corrected chi connectivity index (χ2v) is 7.88. The zero-order valence-corrected chi connectivity index (χ0v) is 16.7. The maximum absolute atomic E-state index is 13.2. The number of hydrogen-bond donors (Lipinski definition) is 2. The van der Waals surface area contributed by atoms with Gasteiger partial charge in [-0.2, -0.15) is 0 Å². The van der Waals surface area contributed by atoms with Gasteiger partial charge in [0.1, 0.15) is 0 Å². The summed E-state index contributed by atoms with van der Waals surface area (Å²) in [7, 11) is 0. The third-order valence-corrected chi connectivity index (χ3v) is 6.17. The zero-order valence-electron chi connectivity index (χ0n) is 16.7. The van der Waals surface area contributed by atoms with Gasteiger partial charge in [-0.05, 0) is 49.3 Å². The van der Waals surface area contributed by atoms with Crippen molar-refractivity contribution in [1.82, 2.24) is 4.90 Å². The van der Waals surface area contributed by atoms with Gasteiger partial charge in [-0.1, -0.05) is 54.6 Å². The fraction of sp³-hybridized carbons (Fsp3) is 0.458. The Balaban J connectivity index is 1.76. The molecular formula is C24H31NO3. The van der Waals surface area contributed by atoms with Crippen molar-refractivity contribution >= 4 is 5.91 Å². The minimum atomic E-state index is -0.178. The number of nitrogens with zero attached hydrogens (tertiary/aromatic N) is 1. The Kier molecular flexibility index (Phi) is 6.87. The lowest BCUT2D eigenvalue weighted by molar-refractivity contribution is -0.138. The number of rotatable bonds is 8. The molecule has 4 nitrogen and oxygen atoms in total. The molecule has 1 aliphatic rings. The molecule has 2 aromatic rings. The van der Waals surface area contributed by atoms with E-state index < -0.39 is 0 Å². The Morgan fingerprint density at radius 2 is 1.75 bits per heavy atom. The molecule has 1 fully saturated rings. The van der Waals surface area contributed by atoms with Crippen LogP contribution in [-0.4, -0.2) is 40.8 Å². The monoisotopic (exact) mass is 381 g/mol. The number of aliphatic hydroxyl groups excluding tert-OH is 2. The van der Waals surface area contributed by atoms with Gasteiger partial charge in [0.25, 0.3) is 0 Å². The molecule has 4 heteroatoms. The molecule has 3 rings (SSSR count). The molecule has 1 heterocycles. The van der Waals surface area contributed by atoms with E-state index in [1.54, 1.807) is 0 Å². The molecule has 0 bridgehead atoms. The van der Waals surface area contributed by atoms with Crippen molar-refractivity contribution in [3.05, 3.63) is 71.3 Å². The number of hydrogen-bond acceptors (Lipinski definition) is 3. The van der Waals surface area contributed by atoms with Crippen molar-refractivity contribution in [2.45, 2.75) is 50.5 Å². The number of amides is 1. The quantitative estimate of drug-likeness (QED) is 0.734. The molecule has 28 heavy (non-hydrogen) atoms. The molecule has 2 aromatic carbocycles. The van der Waals surface area contributed by atoms with E-state index in [1.165, 1.54) is 5.56 Å². The van der Waals surface area contributed by atoms with E-state index in [9.17, 15) is 9.90 Å². The Morgan fingerprint density at radius 3 is 2.36 bits per heavy atom. The standard InChI is InChI=1S/C24H31NO3/c1-19(21-10-8-20(9-11-21)12-17-27)25-15-14-24(13-5-16-26,18-23(25)28)22-6-3-2-4-7-22/h2-4,6-11,19,26-27H,5,12-18H2,1H3/t19-,24?/m0/s1. The maximum Gasteiger partial charge on any atom is 0.223 e. The predicted octanol–water partition coefficient (Wildman–Crippen LogP) is 3.62. The van der Waals surface area contributed by atoms with E-state index >= 15 is 0 Å². The molecule has 0 saturated carbocycles.